The Bertz CT molecular complexity index is 614. The fraction of sp³-hybridized carbons (Fsp3) is 0.800. The Labute approximate surface area is 169 Å². The number of amides is 1. The van der Waals surface area contributed by atoms with Crippen LogP contribution in [0.1, 0.15) is 44.9 Å². The molecule has 0 aromatic heterocycles. The van der Waals surface area contributed by atoms with E-state index in [4.69, 9.17) is 23.7 Å². The van der Waals surface area contributed by atoms with Crippen molar-refractivity contribution in [2.24, 2.45) is 0 Å². The number of carbonyl (C=O) groups excluding carboxylic acids is 2. The number of aliphatic hydroxyl groups excluding tert-OH is 1. The largest absolute Gasteiger partial charge is 0.386 e. The number of ether oxygens (including phenoxy) is 5. The van der Waals surface area contributed by atoms with Crippen molar-refractivity contribution >= 4 is 11.7 Å². The Kier molecular flexibility index (Phi) is 6.94. The summed E-state index contributed by atoms with van der Waals surface area (Å²) in [6.07, 6.45) is 3.96. The first-order chi connectivity index (χ1) is 14.1. The second kappa shape index (κ2) is 9.63. The molecule has 4 aliphatic heterocycles. The molecule has 9 heteroatoms. The van der Waals surface area contributed by atoms with Crippen LogP contribution < -0.4 is 0 Å². The summed E-state index contributed by atoms with van der Waals surface area (Å²) < 4.78 is 29.2. The number of rotatable bonds is 6. The number of hydrogen-bond acceptors (Lipinski definition) is 8. The maximum absolute atomic E-state index is 12.3. The van der Waals surface area contributed by atoms with E-state index in [2.05, 4.69) is 0 Å². The molecule has 0 saturated carbocycles. The molecule has 0 radical (unpaired) electrons. The van der Waals surface area contributed by atoms with Crippen molar-refractivity contribution in [1.82, 2.24) is 4.90 Å². The van der Waals surface area contributed by atoms with Gasteiger partial charge in [0.05, 0.1) is 13.0 Å². The third-order valence-corrected chi connectivity index (χ3v) is 5.65. The lowest BCUT2D eigenvalue weighted by Gasteiger charge is -2.31. The zero-order chi connectivity index (χ0) is 20.2. The molecule has 162 valence electrons. The Morgan fingerprint density at radius 2 is 1.79 bits per heavy atom. The molecule has 4 heterocycles. The van der Waals surface area contributed by atoms with E-state index >= 15 is 0 Å². The predicted octanol–water partition coefficient (Wildman–Crippen LogP) is 0.842. The van der Waals surface area contributed by atoms with Gasteiger partial charge in [-0.15, -0.1) is 0 Å². The zero-order valence-electron chi connectivity index (χ0n) is 16.4. The molecule has 0 aromatic rings. The summed E-state index contributed by atoms with van der Waals surface area (Å²) in [5.74, 6) is -0.678. The highest BCUT2D eigenvalue weighted by Gasteiger charge is 2.49. The lowest BCUT2D eigenvalue weighted by molar-refractivity contribution is -0.223. The smallest absolute Gasteiger partial charge is 0.236 e. The minimum Gasteiger partial charge on any atom is -0.386 e. The van der Waals surface area contributed by atoms with E-state index in [1.54, 1.807) is 0 Å². The molecule has 4 aliphatic rings. The van der Waals surface area contributed by atoms with Gasteiger partial charge in [0.2, 0.25) is 5.91 Å². The molecule has 6 atom stereocenters. The van der Waals surface area contributed by atoms with Gasteiger partial charge in [0.25, 0.3) is 0 Å². The number of carbonyl (C=O) groups is 2. The molecule has 3 fully saturated rings. The van der Waals surface area contributed by atoms with Crippen LogP contribution in [-0.2, 0) is 33.3 Å². The van der Waals surface area contributed by atoms with Crippen molar-refractivity contribution < 1.29 is 38.4 Å². The normalized spacial score (nSPS) is 38.6. The van der Waals surface area contributed by atoms with Crippen molar-refractivity contribution in [2.75, 3.05) is 19.8 Å². The minimum atomic E-state index is -1.09. The summed E-state index contributed by atoms with van der Waals surface area (Å²) in [6, 6.07) is 0. The van der Waals surface area contributed by atoms with Gasteiger partial charge in [-0.2, -0.15) is 0 Å². The first kappa shape index (κ1) is 20.9. The summed E-state index contributed by atoms with van der Waals surface area (Å²) in [6.45, 7) is 1.45. The SMILES string of the molecule is O=C1C=CN([C@H]2O[C@@H](COC3CCCCO3)[C@H](OC3CCCCO3)[C@@H]2O)C(=O)C1. The quantitative estimate of drug-likeness (QED) is 0.642. The van der Waals surface area contributed by atoms with E-state index in [1.165, 1.54) is 17.2 Å². The predicted molar refractivity (Wildman–Crippen MR) is 98.3 cm³/mol. The molecule has 1 N–H and O–H groups in total. The van der Waals surface area contributed by atoms with E-state index in [0.717, 1.165) is 38.5 Å². The second-order valence-corrected chi connectivity index (χ2v) is 7.84. The molecular weight excluding hydrogens is 382 g/mol. The molecule has 9 nitrogen and oxygen atoms in total. The van der Waals surface area contributed by atoms with Crippen LogP contribution in [0, 0.1) is 0 Å². The van der Waals surface area contributed by atoms with Crippen LogP contribution in [0.15, 0.2) is 12.3 Å². The summed E-state index contributed by atoms with van der Waals surface area (Å²) in [7, 11) is 0. The van der Waals surface area contributed by atoms with Gasteiger partial charge in [-0.05, 0) is 44.6 Å². The zero-order valence-corrected chi connectivity index (χ0v) is 16.4. The molecule has 4 rings (SSSR count). The van der Waals surface area contributed by atoms with Crippen molar-refractivity contribution in [3.63, 3.8) is 0 Å². The number of ketones is 1. The van der Waals surface area contributed by atoms with Crippen LogP contribution in [0.25, 0.3) is 0 Å². The van der Waals surface area contributed by atoms with Crippen LogP contribution in [0.2, 0.25) is 0 Å². The lowest BCUT2D eigenvalue weighted by atomic mass is 10.1. The van der Waals surface area contributed by atoms with Gasteiger partial charge in [0, 0.05) is 19.4 Å². The van der Waals surface area contributed by atoms with Crippen LogP contribution >= 0.6 is 0 Å². The molecule has 0 aromatic carbocycles. The molecule has 2 unspecified atom stereocenters. The van der Waals surface area contributed by atoms with Gasteiger partial charge >= 0.3 is 0 Å². The van der Waals surface area contributed by atoms with Gasteiger partial charge in [-0.1, -0.05) is 0 Å². The summed E-state index contributed by atoms with van der Waals surface area (Å²) in [5.41, 5.74) is 0. The van der Waals surface area contributed by atoms with Crippen molar-refractivity contribution in [1.29, 1.82) is 0 Å². The second-order valence-electron chi connectivity index (χ2n) is 7.84. The molecule has 0 spiro atoms. The Balaban J connectivity index is 1.44. The van der Waals surface area contributed by atoms with E-state index in [0.29, 0.717) is 13.2 Å². The third-order valence-electron chi connectivity index (χ3n) is 5.65. The third kappa shape index (κ3) is 5.04. The number of allylic oxidation sites excluding steroid dienone is 1. The van der Waals surface area contributed by atoms with Crippen molar-refractivity contribution in [3.8, 4) is 0 Å². The summed E-state index contributed by atoms with van der Waals surface area (Å²) >= 11 is 0. The summed E-state index contributed by atoms with van der Waals surface area (Å²) in [4.78, 5) is 25.0. The topological polar surface area (TPSA) is 104 Å². The van der Waals surface area contributed by atoms with Crippen LogP contribution in [0.5, 0.6) is 0 Å². The highest BCUT2D eigenvalue weighted by molar-refractivity contribution is 6.06. The monoisotopic (exact) mass is 411 g/mol. The van der Waals surface area contributed by atoms with Gasteiger partial charge < -0.3 is 28.8 Å². The first-order valence-electron chi connectivity index (χ1n) is 10.5. The molecule has 1 amide bonds. The van der Waals surface area contributed by atoms with Gasteiger partial charge in [0.15, 0.2) is 24.6 Å². The number of nitrogens with zero attached hydrogens (tertiary/aromatic N) is 1. The van der Waals surface area contributed by atoms with E-state index < -0.39 is 36.7 Å². The van der Waals surface area contributed by atoms with Crippen molar-refractivity contribution in [2.45, 2.75) is 82.1 Å². The standard InChI is InChI=1S/C20H29NO8/c22-13-7-8-21(15(23)11-13)20-18(24)19(29-17-6-2-4-10-26-17)14(28-20)12-27-16-5-1-3-9-25-16/h7-8,14,16-20,24H,1-6,9-12H2/t14-,16?,17?,18-,19-,20-/m0/s1. The fourth-order valence-electron chi connectivity index (χ4n) is 4.06. The maximum atomic E-state index is 12.3. The minimum absolute atomic E-state index is 0.167. The molecule has 29 heavy (non-hydrogen) atoms. The van der Waals surface area contributed by atoms with Gasteiger partial charge in [-0.3, -0.25) is 14.5 Å². The highest BCUT2D eigenvalue weighted by atomic mass is 16.7. The molecule has 0 aliphatic carbocycles. The Morgan fingerprint density at radius 1 is 1.07 bits per heavy atom. The van der Waals surface area contributed by atoms with E-state index in [9.17, 15) is 14.7 Å². The molecule has 0 bridgehead atoms. The molecular formula is C20H29NO8. The fourth-order valence-corrected chi connectivity index (χ4v) is 4.06. The first-order valence-corrected chi connectivity index (χ1v) is 10.5. The van der Waals surface area contributed by atoms with Crippen molar-refractivity contribution in [3.05, 3.63) is 12.3 Å². The highest BCUT2D eigenvalue weighted by Crippen LogP contribution is 2.31. The van der Waals surface area contributed by atoms with Gasteiger partial charge in [0.1, 0.15) is 18.3 Å². The van der Waals surface area contributed by atoms with Crippen LogP contribution in [0.4, 0.5) is 0 Å². The van der Waals surface area contributed by atoms with E-state index in [-0.39, 0.29) is 25.1 Å². The number of aliphatic hydroxyl groups is 1. The van der Waals surface area contributed by atoms with Crippen LogP contribution in [0.3, 0.4) is 0 Å². The average molecular weight is 411 g/mol. The Morgan fingerprint density at radius 3 is 2.45 bits per heavy atom. The molecule has 3 saturated heterocycles. The van der Waals surface area contributed by atoms with E-state index in [1.807, 2.05) is 0 Å². The maximum Gasteiger partial charge on any atom is 0.236 e. The van der Waals surface area contributed by atoms with Gasteiger partial charge in [-0.25, -0.2) is 0 Å². The summed E-state index contributed by atoms with van der Waals surface area (Å²) in [5, 5.41) is 10.9. The number of hydrogen-bond donors (Lipinski definition) is 1. The average Bonchev–Trinajstić information content (AvgIpc) is 3.03. The lowest BCUT2D eigenvalue weighted by Crippen LogP contribution is -2.47. The Hall–Kier alpha value is -1.36. The van der Waals surface area contributed by atoms with Crippen LogP contribution in [-0.4, -0.2) is 78.6 Å².